The minimum atomic E-state index is -3.43. The molecule has 118 valence electrons. The van der Waals surface area contributed by atoms with Crippen LogP contribution in [0.15, 0.2) is 29.2 Å². The van der Waals surface area contributed by atoms with Gasteiger partial charge in [-0.1, -0.05) is 12.1 Å². The molecule has 1 fully saturated rings. The summed E-state index contributed by atoms with van der Waals surface area (Å²) in [5.74, 6) is 0. The molecule has 5 nitrogen and oxygen atoms in total. The minimum absolute atomic E-state index is 0.0911. The monoisotopic (exact) mass is 311 g/mol. The van der Waals surface area contributed by atoms with Crippen LogP contribution >= 0.6 is 0 Å². The Morgan fingerprint density at radius 2 is 2.00 bits per heavy atom. The molecule has 0 aliphatic carbocycles. The van der Waals surface area contributed by atoms with E-state index in [1.165, 1.54) is 4.31 Å². The van der Waals surface area contributed by atoms with Gasteiger partial charge in [-0.05, 0) is 51.1 Å². The largest absolute Gasteiger partial charge is 0.324 e. The zero-order valence-electron chi connectivity index (χ0n) is 13.0. The van der Waals surface area contributed by atoms with E-state index >= 15 is 0 Å². The van der Waals surface area contributed by atoms with Gasteiger partial charge in [0.25, 0.3) is 0 Å². The van der Waals surface area contributed by atoms with E-state index in [1.807, 2.05) is 6.92 Å². The summed E-state index contributed by atoms with van der Waals surface area (Å²) in [5.41, 5.74) is 6.73. The van der Waals surface area contributed by atoms with Crippen molar-refractivity contribution in [2.24, 2.45) is 5.73 Å². The Kier molecular flexibility index (Phi) is 5.03. The quantitative estimate of drug-likeness (QED) is 0.893. The molecule has 1 aliphatic rings. The second kappa shape index (κ2) is 6.44. The summed E-state index contributed by atoms with van der Waals surface area (Å²) >= 11 is 0. The molecule has 1 saturated heterocycles. The maximum Gasteiger partial charge on any atom is 0.242 e. The molecule has 0 saturated carbocycles. The topological polar surface area (TPSA) is 66.6 Å². The number of nitrogens with two attached hydrogens (primary N) is 1. The molecule has 1 aromatic rings. The van der Waals surface area contributed by atoms with Crippen molar-refractivity contribution < 1.29 is 8.42 Å². The highest BCUT2D eigenvalue weighted by atomic mass is 32.2. The molecule has 0 spiro atoms. The van der Waals surface area contributed by atoms with Crippen LogP contribution < -0.4 is 5.73 Å². The van der Waals surface area contributed by atoms with E-state index in [0.717, 1.165) is 24.9 Å². The number of rotatable bonds is 5. The fourth-order valence-corrected chi connectivity index (χ4v) is 3.94. The first-order valence-corrected chi connectivity index (χ1v) is 8.78. The standard InChI is InChI=1S/C15H25N3O2S/c1-12(16)13-6-8-15(9-7-13)21(19,20)18(3)11-14-5-4-10-17(14)2/h6-9,12,14H,4-5,10-11,16H2,1-3H3. The lowest BCUT2D eigenvalue weighted by Crippen LogP contribution is -2.39. The molecule has 21 heavy (non-hydrogen) atoms. The van der Waals surface area contributed by atoms with Gasteiger partial charge < -0.3 is 10.6 Å². The summed E-state index contributed by atoms with van der Waals surface area (Å²) in [6.07, 6.45) is 2.19. The SMILES string of the molecule is CC(N)c1ccc(S(=O)(=O)N(C)CC2CCCN2C)cc1. The van der Waals surface area contributed by atoms with Gasteiger partial charge >= 0.3 is 0 Å². The Labute approximate surface area is 127 Å². The van der Waals surface area contributed by atoms with Crippen LogP contribution in [-0.2, 0) is 10.0 Å². The van der Waals surface area contributed by atoms with Crippen LogP contribution in [0.5, 0.6) is 0 Å². The Morgan fingerprint density at radius 3 is 2.48 bits per heavy atom. The molecule has 0 aromatic heterocycles. The molecular formula is C15H25N3O2S. The maximum absolute atomic E-state index is 12.6. The number of hydrogen-bond donors (Lipinski definition) is 1. The van der Waals surface area contributed by atoms with Gasteiger partial charge in [-0.2, -0.15) is 4.31 Å². The molecular weight excluding hydrogens is 286 g/mol. The summed E-state index contributed by atoms with van der Waals surface area (Å²) in [5, 5.41) is 0. The van der Waals surface area contributed by atoms with E-state index in [4.69, 9.17) is 5.73 Å². The molecule has 0 amide bonds. The van der Waals surface area contributed by atoms with E-state index in [1.54, 1.807) is 31.3 Å². The van der Waals surface area contributed by atoms with Gasteiger partial charge in [0, 0.05) is 25.7 Å². The third kappa shape index (κ3) is 3.63. The molecule has 1 aliphatic heterocycles. The Balaban J connectivity index is 2.12. The number of sulfonamides is 1. The van der Waals surface area contributed by atoms with Crippen LogP contribution in [-0.4, -0.2) is 50.8 Å². The molecule has 1 aromatic carbocycles. The second-order valence-corrected chi connectivity index (χ2v) is 7.96. The van der Waals surface area contributed by atoms with Gasteiger partial charge in [-0.25, -0.2) is 8.42 Å². The van der Waals surface area contributed by atoms with Crippen molar-refractivity contribution in [1.29, 1.82) is 0 Å². The molecule has 2 atom stereocenters. The van der Waals surface area contributed by atoms with Crippen molar-refractivity contribution in [3.05, 3.63) is 29.8 Å². The van der Waals surface area contributed by atoms with Gasteiger partial charge in [0.1, 0.15) is 0 Å². The van der Waals surface area contributed by atoms with Crippen molar-refractivity contribution in [1.82, 2.24) is 9.21 Å². The minimum Gasteiger partial charge on any atom is -0.324 e. The maximum atomic E-state index is 12.6. The molecule has 6 heteroatoms. The summed E-state index contributed by atoms with van der Waals surface area (Å²) in [6.45, 7) is 3.46. The number of likely N-dealkylation sites (N-methyl/N-ethyl adjacent to an activating group) is 2. The van der Waals surface area contributed by atoms with Gasteiger partial charge in [-0.15, -0.1) is 0 Å². The highest BCUT2D eigenvalue weighted by Crippen LogP contribution is 2.21. The Morgan fingerprint density at radius 1 is 1.38 bits per heavy atom. The summed E-state index contributed by atoms with van der Waals surface area (Å²) in [7, 11) is 0.278. The Bertz CT molecular complexity index is 569. The highest BCUT2D eigenvalue weighted by molar-refractivity contribution is 7.89. The smallest absolute Gasteiger partial charge is 0.242 e. The molecule has 0 radical (unpaired) electrons. The zero-order valence-corrected chi connectivity index (χ0v) is 13.8. The highest BCUT2D eigenvalue weighted by Gasteiger charge is 2.28. The van der Waals surface area contributed by atoms with Crippen LogP contribution in [0.2, 0.25) is 0 Å². The predicted molar refractivity (Wildman–Crippen MR) is 84.5 cm³/mol. The third-order valence-electron chi connectivity index (χ3n) is 4.25. The zero-order chi connectivity index (χ0) is 15.6. The first-order valence-electron chi connectivity index (χ1n) is 7.34. The number of hydrogen-bond acceptors (Lipinski definition) is 4. The molecule has 2 N–H and O–H groups in total. The van der Waals surface area contributed by atoms with E-state index in [9.17, 15) is 8.42 Å². The van der Waals surface area contributed by atoms with Gasteiger partial charge in [0.05, 0.1) is 4.90 Å². The fraction of sp³-hybridized carbons (Fsp3) is 0.600. The van der Waals surface area contributed by atoms with Crippen molar-refractivity contribution >= 4 is 10.0 Å². The van der Waals surface area contributed by atoms with Gasteiger partial charge in [0.15, 0.2) is 0 Å². The third-order valence-corrected chi connectivity index (χ3v) is 6.09. The van der Waals surface area contributed by atoms with E-state index < -0.39 is 10.0 Å². The van der Waals surface area contributed by atoms with Crippen LogP contribution in [0, 0.1) is 0 Å². The average molecular weight is 311 g/mol. The van der Waals surface area contributed by atoms with Gasteiger partial charge in [-0.3, -0.25) is 0 Å². The number of nitrogens with zero attached hydrogens (tertiary/aromatic N) is 2. The number of likely N-dealkylation sites (tertiary alicyclic amines) is 1. The van der Waals surface area contributed by atoms with E-state index in [0.29, 0.717) is 17.5 Å². The lowest BCUT2D eigenvalue weighted by Gasteiger charge is -2.25. The second-order valence-electron chi connectivity index (χ2n) is 5.92. The lowest BCUT2D eigenvalue weighted by molar-refractivity contribution is 0.271. The molecule has 0 bridgehead atoms. The number of benzene rings is 1. The van der Waals surface area contributed by atoms with Crippen LogP contribution in [0.3, 0.4) is 0 Å². The molecule has 2 unspecified atom stereocenters. The average Bonchev–Trinajstić information content (AvgIpc) is 2.84. The first kappa shape index (κ1) is 16.4. The summed E-state index contributed by atoms with van der Waals surface area (Å²) in [6, 6.07) is 7.08. The van der Waals surface area contributed by atoms with Crippen molar-refractivity contribution in [2.75, 3.05) is 27.2 Å². The first-order chi connectivity index (χ1) is 9.82. The fourth-order valence-electron chi connectivity index (χ4n) is 2.73. The summed E-state index contributed by atoms with van der Waals surface area (Å²) in [4.78, 5) is 2.56. The normalized spacial score (nSPS) is 21.9. The summed E-state index contributed by atoms with van der Waals surface area (Å²) < 4.78 is 26.6. The van der Waals surface area contributed by atoms with E-state index in [2.05, 4.69) is 11.9 Å². The van der Waals surface area contributed by atoms with Crippen molar-refractivity contribution in [3.8, 4) is 0 Å². The lowest BCUT2D eigenvalue weighted by atomic mass is 10.1. The van der Waals surface area contributed by atoms with Crippen LogP contribution in [0.1, 0.15) is 31.4 Å². The van der Waals surface area contributed by atoms with Crippen LogP contribution in [0.4, 0.5) is 0 Å². The Hall–Kier alpha value is -0.950. The molecule has 2 rings (SSSR count). The van der Waals surface area contributed by atoms with E-state index in [-0.39, 0.29) is 6.04 Å². The van der Waals surface area contributed by atoms with Crippen LogP contribution in [0.25, 0.3) is 0 Å². The van der Waals surface area contributed by atoms with Crippen molar-refractivity contribution in [3.63, 3.8) is 0 Å². The van der Waals surface area contributed by atoms with Crippen molar-refractivity contribution in [2.45, 2.75) is 36.7 Å². The molecule has 1 heterocycles. The predicted octanol–water partition coefficient (Wildman–Crippen LogP) is 1.42. The van der Waals surface area contributed by atoms with Gasteiger partial charge in [0.2, 0.25) is 10.0 Å².